The minimum Gasteiger partial charge on any atom is -0.477 e. The Balaban J connectivity index is 0.000000150. The molecule has 7 aromatic rings. The first-order chi connectivity index (χ1) is 24.2. The number of aromatic amines is 4. The number of benzene rings is 3. The largest absolute Gasteiger partial charge is 0.477 e. The summed E-state index contributed by atoms with van der Waals surface area (Å²) in [6.45, 7) is 0. The van der Waals surface area contributed by atoms with E-state index >= 15 is 0 Å². The molecule has 256 valence electrons. The predicted octanol–water partition coefficient (Wildman–Crippen LogP) is 7.72. The SMILES string of the molecule is O=C(O)c1ccc[nH]1.O=C(O)c1ccc[nH]1.O=C(O)c1ccc[nH]1.O=C(O)c1ccc[nH]1.c1ccc2c(c1)ccc1c3c(ccc12)CCCC3. The van der Waals surface area contributed by atoms with Crippen molar-refractivity contribution in [2.45, 2.75) is 25.7 Å². The Morgan fingerprint density at radius 2 is 0.840 bits per heavy atom. The van der Waals surface area contributed by atoms with Gasteiger partial charge in [0.1, 0.15) is 22.8 Å². The average molecular weight is 677 g/mol. The van der Waals surface area contributed by atoms with Gasteiger partial charge in [-0.25, -0.2) is 19.2 Å². The highest BCUT2D eigenvalue weighted by Crippen LogP contribution is 2.33. The van der Waals surface area contributed by atoms with E-state index < -0.39 is 23.9 Å². The van der Waals surface area contributed by atoms with Crippen molar-refractivity contribution < 1.29 is 39.6 Å². The van der Waals surface area contributed by atoms with Crippen LogP contribution in [0.25, 0.3) is 21.5 Å². The zero-order valence-corrected chi connectivity index (χ0v) is 26.8. The van der Waals surface area contributed by atoms with E-state index in [9.17, 15) is 19.2 Å². The van der Waals surface area contributed by atoms with E-state index in [1.54, 1.807) is 60.2 Å². The molecule has 50 heavy (non-hydrogen) atoms. The molecule has 8 rings (SSSR count). The zero-order valence-electron chi connectivity index (χ0n) is 26.8. The van der Waals surface area contributed by atoms with Crippen LogP contribution in [0.5, 0.6) is 0 Å². The molecule has 0 unspecified atom stereocenters. The molecule has 12 nitrogen and oxygen atoms in total. The summed E-state index contributed by atoms with van der Waals surface area (Å²) in [6, 6.07) is 30.5. The van der Waals surface area contributed by atoms with Crippen molar-refractivity contribution in [1.29, 1.82) is 0 Å². The van der Waals surface area contributed by atoms with E-state index in [2.05, 4.69) is 68.5 Å². The highest BCUT2D eigenvalue weighted by molar-refractivity contribution is 6.08. The maximum absolute atomic E-state index is 10.0. The van der Waals surface area contributed by atoms with E-state index in [0.717, 1.165) is 0 Å². The molecule has 0 fully saturated rings. The molecule has 0 aliphatic heterocycles. The van der Waals surface area contributed by atoms with Crippen LogP contribution in [0.3, 0.4) is 0 Å². The normalized spacial score (nSPS) is 11.1. The predicted molar refractivity (Wildman–Crippen MR) is 189 cm³/mol. The van der Waals surface area contributed by atoms with Crippen molar-refractivity contribution in [3.05, 3.63) is 156 Å². The summed E-state index contributed by atoms with van der Waals surface area (Å²) >= 11 is 0. The fraction of sp³-hybridized carbons (Fsp3) is 0.105. The minimum absolute atomic E-state index is 0.227. The Bertz CT molecular complexity index is 1940. The van der Waals surface area contributed by atoms with E-state index in [0.29, 0.717) is 0 Å². The molecule has 4 aromatic heterocycles. The van der Waals surface area contributed by atoms with Crippen LogP contribution < -0.4 is 0 Å². The number of aryl methyl sites for hydroxylation is 2. The third-order valence-electron chi connectivity index (χ3n) is 7.57. The number of hydrogen-bond acceptors (Lipinski definition) is 4. The van der Waals surface area contributed by atoms with Crippen LogP contribution in [0.4, 0.5) is 0 Å². The van der Waals surface area contributed by atoms with Crippen LogP contribution >= 0.6 is 0 Å². The summed E-state index contributed by atoms with van der Waals surface area (Å²) in [7, 11) is 0. The maximum Gasteiger partial charge on any atom is 0.352 e. The van der Waals surface area contributed by atoms with Crippen molar-refractivity contribution in [1.82, 2.24) is 19.9 Å². The molecular weight excluding hydrogens is 640 g/mol. The number of rotatable bonds is 4. The molecule has 0 saturated carbocycles. The highest BCUT2D eigenvalue weighted by Gasteiger charge is 2.13. The molecule has 3 aromatic carbocycles. The lowest BCUT2D eigenvalue weighted by atomic mass is 9.86. The summed E-state index contributed by atoms with van der Waals surface area (Å²) in [4.78, 5) is 50.3. The number of carboxylic acid groups (broad SMARTS) is 4. The molecule has 1 aliphatic carbocycles. The van der Waals surface area contributed by atoms with Gasteiger partial charge < -0.3 is 40.4 Å². The molecule has 12 heteroatoms. The monoisotopic (exact) mass is 676 g/mol. The van der Waals surface area contributed by atoms with E-state index in [4.69, 9.17) is 20.4 Å². The second-order valence-corrected chi connectivity index (χ2v) is 10.8. The number of fused-ring (bicyclic) bond motifs is 5. The molecular formula is C38H36N4O8. The number of H-pyrrole nitrogens is 4. The first-order valence-corrected chi connectivity index (χ1v) is 15.5. The van der Waals surface area contributed by atoms with Gasteiger partial charge >= 0.3 is 23.9 Å². The third-order valence-corrected chi connectivity index (χ3v) is 7.57. The zero-order chi connectivity index (χ0) is 35.9. The number of carboxylic acids is 4. The van der Waals surface area contributed by atoms with Crippen molar-refractivity contribution in [2.75, 3.05) is 0 Å². The van der Waals surface area contributed by atoms with Crippen LogP contribution in [-0.2, 0) is 12.8 Å². The third kappa shape index (κ3) is 10.1. The quantitative estimate of drug-likeness (QED) is 0.0862. The van der Waals surface area contributed by atoms with Crippen molar-refractivity contribution in [3.8, 4) is 0 Å². The van der Waals surface area contributed by atoms with Crippen LogP contribution in [0.15, 0.2) is 122 Å². The van der Waals surface area contributed by atoms with E-state index in [1.165, 1.54) is 71.5 Å². The molecule has 0 atom stereocenters. The van der Waals surface area contributed by atoms with Gasteiger partial charge in [0.15, 0.2) is 0 Å². The van der Waals surface area contributed by atoms with Gasteiger partial charge in [0.05, 0.1) is 0 Å². The van der Waals surface area contributed by atoms with Gasteiger partial charge in [0.2, 0.25) is 0 Å². The van der Waals surface area contributed by atoms with Gasteiger partial charge in [-0.2, -0.15) is 0 Å². The van der Waals surface area contributed by atoms with Crippen LogP contribution in [0, 0.1) is 0 Å². The Labute approximate surface area is 286 Å². The average Bonchev–Trinajstić information content (AvgIpc) is 3.96. The molecule has 0 saturated heterocycles. The van der Waals surface area contributed by atoms with Crippen molar-refractivity contribution in [2.24, 2.45) is 0 Å². The summed E-state index contributed by atoms with van der Waals surface area (Å²) in [5.74, 6) is -3.69. The highest BCUT2D eigenvalue weighted by atomic mass is 16.4. The smallest absolute Gasteiger partial charge is 0.352 e. The minimum atomic E-state index is -0.921. The Morgan fingerprint density at radius 3 is 1.24 bits per heavy atom. The summed E-state index contributed by atoms with van der Waals surface area (Å²) in [6.07, 6.45) is 11.5. The molecule has 0 spiro atoms. The Morgan fingerprint density at radius 1 is 0.420 bits per heavy atom. The second-order valence-electron chi connectivity index (χ2n) is 10.8. The van der Waals surface area contributed by atoms with Crippen LogP contribution in [-0.4, -0.2) is 64.2 Å². The second kappa shape index (κ2) is 17.9. The topological polar surface area (TPSA) is 212 Å². The van der Waals surface area contributed by atoms with Crippen LogP contribution in [0.1, 0.15) is 65.9 Å². The summed E-state index contributed by atoms with van der Waals surface area (Å²) in [5, 5.41) is 38.6. The van der Waals surface area contributed by atoms with Gasteiger partial charge in [0.25, 0.3) is 0 Å². The fourth-order valence-corrected chi connectivity index (χ4v) is 5.20. The van der Waals surface area contributed by atoms with Gasteiger partial charge in [-0.05, 0) is 107 Å². The number of hydrogen-bond donors (Lipinski definition) is 8. The van der Waals surface area contributed by atoms with Crippen molar-refractivity contribution >= 4 is 45.4 Å². The van der Waals surface area contributed by atoms with Crippen molar-refractivity contribution in [3.63, 3.8) is 0 Å². The van der Waals surface area contributed by atoms with E-state index in [-0.39, 0.29) is 22.8 Å². The molecule has 0 amide bonds. The Hall–Kier alpha value is -6.82. The molecule has 1 aliphatic rings. The lowest BCUT2D eigenvalue weighted by Gasteiger charge is -2.18. The fourth-order valence-electron chi connectivity index (χ4n) is 5.20. The lowest BCUT2D eigenvalue weighted by Crippen LogP contribution is -2.02. The number of aromatic nitrogens is 4. The van der Waals surface area contributed by atoms with Crippen LogP contribution in [0.2, 0.25) is 0 Å². The first kappa shape index (κ1) is 36.0. The number of nitrogens with one attached hydrogen (secondary N) is 4. The maximum atomic E-state index is 10.0. The molecule has 0 radical (unpaired) electrons. The van der Waals surface area contributed by atoms with Gasteiger partial charge in [-0.15, -0.1) is 0 Å². The first-order valence-electron chi connectivity index (χ1n) is 15.5. The summed E-state index contributed by atoms with van der Waals surface area (Å²) in [5.41, 5.74) is 4.08. The molecule has 4 heterocycles. The Kier molecular flexibility index (Phi) is 12.9. The summed E-state index contributed by atoms with van der Waals surface area (Å²) < 4.78 is 0. The molecule has 0 bridgehead atoms. The van der Waals surface area contributed by atoms with Gasteiger partial charge in [-0.3, -0.25) is 0 Å². The lowest BCUT2D eigenvalue weighted by molar-refractivity contribution is 0.0680. The van der Waals surface area contributed by atoms with Gasteiger partial charge in [-0.1, -0.05) is 48.5 Å². The van der Waals surface area contributed by atoms with Gasteiger partial charge in [0, 0.05) is 24.8 Å². The van der Waals surface area contributed by atoms with E-state index in [1.807, 2.05) is 0 Å². The molecule has 8 N–H and O–H groups in total. The number of carbonyl (C=O) groups is 4. The standard InChI is InChI=1S/C18H16.4C5H5NO2/c1-3-7-15-13(5-1)9-11-18-16-8-4-2-6-14(16)10-12-17(15)18;4*7-5(8)4-2-1-3-6-4/h1,3,5,7,9-12H,2,4,6,8H2;4*1-3,6H,(H,7,8). The number of aromatic carboxylic acids is 4.